The smallest absolute Gasteiger partial charge is 0.263 e. The first kappa shape index (κ1) is 12.7. The third-order valence-electron chi connectivity index (χ3n) is 2.16. The third kappa shape index (κ3) is 3.95. The Morgan fingerprint density at radius 2 is 2.27 bits per heavy atom. The van der Waals surface area contributed by atoms with Crippen LogP contribution in [0.1, 0.15) is 27.9 Å². The number of carbonyl (C=O) groups excluding carboxylic acids is 1. The van der Waals surface area contributed by atoms with E-state index in [2.05, 4.69) is 22.9 Å². The molecular weight excluding hydrogens is 274 g/mol. The summed E-state index contributed by atoms with van der Waals surface area (Å²) in [4.78, 5) is 16.1. The molecule has 1 atom stereocenters. The molecule has 0 saturated heterocycles. The first-order chi connectivity index (χ1) is 7.00. The predicted molar refractivity (Wildman–Crippen MR) is 69.0 cm³/mol. The van der Waals surface area contributed by atoms with Crippen LogP contribution in [0, 0.1) is 6.92 Å². The average Bonchev–Trinajstić information content (AvgIpc) is 2.60. The minimum Gasteiger partial charge on any atom is -0.341 e. The number of hydrogen-bond donors (Lipinski definition) is 0. The second kappa shape index (κ2) is 5.66. The van der Waals surface area contributed by atoms with Crippen molar-refractivity contribution < 1.29 is 4.79 Å². The van der Waals surface area contributed by atoms with Gasteiger partial charge in [-0.3, -0.25) is 4.79 Å². The first-order valence-electron chi connectivity index (χ1n) is 4.96. The number of halogens is 1. The number of thiophene rings is 1. The van der Waals surface area contributed by atoms with Crippen LogP contribution in [0.4, 0.5) is 0 Å². The van der Waals surface area contributed by atoms with Crippen LogP contribution in [0.15, 0.2) is 12.1 Å². The molecule has 0 aromatic carbocycles. The fraction of sp³-hybridized carbons (Fsp3) is 0.545. The Balaban J connectivity index is 2.53. The lowest BCUT2D eigenvalue weighted by Crippen LogP contribution is -2.28. The molecule has 0 N–H and O–H groups in total. The molecule has 1 amide bonds. The summed E-state index contributed by atoms with van der Waals surface area (Å²) in [6, 6.07) is 3.88. The molecule has 0 fully saturated rings. The maximum absolute atomic E-state index is 11.9. The fourth-order valence-corrected chi connectivity index (χ4v) is 2.28. The van der Waals surface area contributed by atoms with E-state index in [1.165, 1.54) is 4.88 Å². The lowest BCUT2D eigenvalue weighted by Gasteiger charge is -2.16. The molecule has 0 aliphatic rings. The molecule has 4 heteroatoms. The van der Waals surface area contributed by atoms with Crippen molar-refractivity contribution in [3.05, 3.63) is 21.9 Å². The van der Waals surface area contributed by atoms with Crippen LogP contribution in [-0.2, 0) is 0 Å². The van der Waals surface area contributed by atoms with E-state index in [0.717, 1.165) is 17.8 Å². The number of rotatable bonds is 4. The average molecular weight is 290 g/mol. The van der Waals surface area contributed by atoms with Gasteiger partial charge in [0.05, 0.1) is 4.88 Å². The minimum atomic E-state index is 0.126. The fourth-order valence-electron chi connectivity index (χ4n) is 1.21. The number of aryl methyl sites for hydroxylation is 1. The normalized spacial score (nSPS) is 12.5. The zero-order valence-corrected chi connectivity index (χ0v) is 11.7. The summed E-state index contributed by atoms with van der Waals surface area (Å²) in [5.74, 6) is 0.126. The van der Waals surface area contributed by atoms with Gasteiger partial charge in [0.2, 0.25) is 0 Å². The Bertz CT molecular complexity index is 335. The van der Waals surface area contributed by atoms with Crippen LogP contribution >= 0.6 is 27.3 Å². The zero-order valence-electron chi connectivity index (χ0n) is 9.29. The van der Waals surface area contributed by atoms with Gasteiger partial charge in [0.25, 0.3) is 5.91 Å². The molecule has 0 aliphatic carbocycles. The Morgan fingerprint density at radius 3 is 2.73 bits per heavy atom. The molecule has 1 aromatic rings. The molecule has 15 heavy (non-hydrogen) atoms. The summed E-state index contributed by atoms with van der Waals surface area (Å²) >= 11 is 5.03. The molecule has 0 bridgehead atoms. The standard InChI is InChI=1S/C11H16BrNOS/c1-8(12)6-7-13(3)11(14)10-5-4-9(2)15-10/h4-5,8H,6-7H2,1-3H3. The summed E-state index contributed by atoms with van der Waals surface area (Å²) in [6.45, 7) is 4.90. The monoisotopic (exact) mass is 289 g/mol. The maximum atomic E-state index is 11.9. The Morgan fingerprint density at radius 1 is 1.60 bits per heavy atom. The third-order valence-corrected chi connectivity index (χ3v) is 3.61. The summed E-state index contributed by atoms with van der Waals surface area (Å²) in [5.41, 5.74) is 0. The van der Waals surface area contributed by atoms with Crippen molar-refractivity contribution in [3.63, 3.8) is 0 Å². The number of amides is 1. The molecule has 2 nitrogen and oxygen atoms in total. The second-order valence-corrected chi connectivity index (χ2v) is 6.56. The van der Waals surface area contributed by atoms with Gasteiger partial charge < -0.3 is 4.90 Å². The van der Waals surface area contributed by atoms with Gasteiger partial charge in [-0.15, -0.1) is 11.3 Å². The molecule has 1 unspecified atom stereocenters. The topological polar surface area (TPSA) is 20.3 Å². The molecule has 1 rings (SSSR count). The van der Waals surface area contributed by atoms with Gasteiger partial charge >= 0.3 is 0 Å². The van der Waals surface area contributed by atoms with E-state index in [0.29, 0.717) is 4.83 Å². The molecule has 0 aliphatic heterocycles. The van der Waals surface area contributed by atoms with Crippen molar-refractivity contribution in [2.75, 3.05) is 13.6 Å². The highest BCUT2D eigenvalue weighted by Gasteiger charge is 2.13. The number of alkyl halides is 1. The van der Waals surface area contributed by atoms with Gasteiger partial charge in [-0.05, 0) is 25.5 Å². The molecule has 0 radical (unpaired) electrons. The van der Waals surface area contributed by atoms with Crippen molar-refractivity contribution in [2.45, 2.75) is 25.1 Å². The van der Waals surface area contributed by atoms with Crippen molar-refractivity contribution in [1.29, 1.82) is 0 Å². The van der Waals surface area contributed by atoms with E-state index in [9.17, 15) is 4.79 Å². The van der Waals surface area contributed by atoms with Crippen molar-refractivity contribution in [3.8, 4) is 0 Å². The zero-order chi connectivity index (χ0) is 11.4. The van der Waals surface area contributed by atoms with Gasteiger partial charge in [0, 0.05) is 23.3 Å². The van der Waals surface area contributed by atoms with E-state index >= 15 is 0 Å². The van der Waals surface area contributed by atoms with E-state index in [4.69, 9.17) is 0 Å². The summed E-state index contributed by atoms with van der Waals surface area (Å²) in [7, 11) is 1.85. The van der Waals surface area contributed by atoms with Crippen LogP contribution < -0.4 is 0 Å². The lowest BCUT2D eigenvalue weighted by atomic mass is 10.3. The van der Waals surface area contributed by atoms with E-state index < -0.39 is 0 Å². The maximum Gasteiger partial charge on any atom is 0.263 e. The van der Waals surface area contributed by atoms with Gasteiger partial charge in [0.15, 0.2) is 0 Å². The van der Waals surface area contributed by atoms with Gasteiger partial charge in [-0.25, -0.2) is 0 Å². The van der Waals surface area contributed by atoms with Crippen LogP contribution in [0.5, 0.6) is 0 Å². The number of nitrogens with zero attached hydrogens (tertiary/aromatic N) is 1. The van der Waals surface area contributed by atoms with E-state index in [-0.39, 0.29) is 5.91 Å². The highest BCUT2D eigenvalue weighted by atomic mass is 79.9. The molecule has 1 heterocycles. The molecule has 0 spiro atoms. The molecular formula is C11H16BrNOS. The minimum absolute atomic E-state index is 0.126. The van der Waals surface area contributed by atoms with Gasteiger partial charge in [-0.2, -0.15) is 0 Å². The highest BCUT2D eigenvalue weighted by Crippen LogP contribution is 2.17. The Kier molecular flexibility index (Phi) is 4.80. The van der Waals surface area contributed by atoms with Crippen LogP contribution in [-0.4, -0.2) is 29.2 Å². The first-order valence-corrected chi connectivity index (χ1v) is 6.70. The molecule has 0 saturated carbocycles. The van der Waals surface area contributed by atoms with Gasteiger partial charge in [-0.1, -0.05) is 22.9 Å². The van der Waals surface area contributed by atoms with Crippen molar-refractivity contribution >= 4 is 33.2 Å². The summed E-state index contributed by atoms with van der Waals surface area (Å²) in [6.07, 6.45) is 0.979. The second-order valence-electron chi connectivity index (χ2n) is 3.71. The van der Waals surface area contributed by atoms with Crippen LogP contribution in [0.2, 0.25) is 0 Å². The van der Waals surface area contributed by atoms with E-state index in [1.54, 1.807) is 16.2 Å². The highest BCUT2D eigenvalue weighted by molar-refractivity contribution is 9.09. The Hall–Kier alpha value is -0.350. The SMILES string of the molecule is Cc1ccc(C(=O)N(C)CCC(C)Br)s1. The summed E-state index contributed by atoms with van der Waals surface area (Å²) < 4.78 is 0. The summed E-state index contributed by atoms with van der Waals surface area (Å²) in [5, 5.41) is 0. The Labute approximate surface area is 103 Å². The van der Waals surface area contributed by atoms with Crippen molar-refractivity contribution in [1.82, 2.24) is 4.90 Å². The number of carbonyl (C=O) groups is 1. The van der Waals surface area contributed by atoms with Gasteiger partial charge in [0.1, 0.15) is 0 Å². The van der Waals surface area contributed by atoms with Crippen LogP contribution in [0.25, 0.3) is 0 Å². The van der Waals surface area contributed by atoms with Crippen LogP contribution in [0.3, 0.4) is 0 Å². The van der Waals surface area contributed by atoms with E-state index in [1.807, 2.05) is 26.1 Å². The lowest BCUT2D eigenvalue weighted by molar-refractivity contribution is 0.0799. The number of hydrogen-bond acceptors (Lipinski definition) is 2. The molecule has 1 aromatic heterocycles. The quantitative estimate of drug-likeness (QED) is 0.779. The van der Waals surface area contributed by atoms with Crippen molar-refractivity contribution in [2.24, 2.45) is 0 Å². The molecule has 84 valence electrons. The predicted octanol–water partition coefficient (Wildman–Crippen LogP) is 3.30. The largest absolute Gasteiger partial charge is 0.341 e.